The average Bonchev–Trinajstić information content (AvgIpc) is 2.62. The Hall–Kier alpha value is -2.25. The van der Waals surface area contributed by atoms with E-state index < -0.39 is 0 Å². The summed E-state index contributed by atoms with van der Waals surface area (Å²) in [4.78, 5) is 1.36. The van der Waals surface area contributed by atoms with Crippen molar-refractivity contribution in [3.8, 4) is 0 Å². The summed E-state index contributed by atoms with van der Waals surface area (Å²) in [6.45, 7) is 0. The molecule has 1 atom stereocenters. The number of hydrogen-bond donors (Lipinski definition) is 0. The molecule has 0 nitrogen and oxygen atoms in total. The van der Waals surface area contributed by atoms with Crippen LogP contribution in [0.3, 0.4) is 0 Å². The van der Waals surface area contributed by atoms with E-state index in [1.165, 1.54) is 27.2 Å². The van der Waals surface area contributed by atoms with Crippen molar-refractivity contribution in [1.29, 1.82) is 0 Å². The van der Waals surface area contributed by atoms with Crippen molar-refractivity contribution < 1.29 is 0 Å². The maximum atomic E-state index is 2.35. The molecule has 0 spiro atoms. The van der Waals surface area contributed by atoms with Gasteiger partial charge < -0.3 is 0 Å². The van der Waals surface area contributed by atoms with Crippen LogP contribution in [0.5, 0.6) is 0 Å². The van der Waals surface area contributed by atoms with Gasteiger partial charge in [0.05, 0.1) is 5.25 Å². The molecule has 0 bridgehead atoms. The van der Waals surface area contributed by atoms with Crippen molar-refractivity contribution in [2.75, 3.05) is 0 Å². The highest BCUT2D eigenvalue weighted by molar-refractivity contribution is 8.00. The van der Waals surface area contributed by atoms with Crippen molar-refractivity contribution in [3.05, 3.63) is 102 Å². The summed E-state index contributed by atoms with van der Waals surface area (Å²) in [5, 5.41) is 0.346. The highest BCUT2D eigenvalue weighted by Crippen LogP contribution is 2.50. The van der Waals surface area contributed by atoms with E-state index >= 15 is 0 Å². The van der Waals surface area contributed by atoms with Gasteiger partial charge in [0.1, 0.15) is 0 Å². The van der Waals surface area contributed by atoms with Gasteiger partial charge in [-0.15, -0.1) is 11.8 Å². The lowest BCUT2D eigenvalue weighted by atomic mass is 9.95. The zero-order valence-corrected chi connectivity index (χ0v) is 13.0. The molecular weight excluding hydrogens is 284 g/mol. The molecule has 0 amide bonds. The Morgan fingerprint density at radius 2 is 1.27 bits per heavy atom. The lowest BCUT2D eigenvalue weighted by Gasteiger charge is -2.26. The molecule has 4 rings (SSSR count). The van der Waals surface area contributed by atoms with Crippen LogP contribution in [0.15, 0.2) is 89.8 Å². The van der Waals surface area contributed by atoms with E-state index in [9.17, 15) is 0 Å². The second kappa shape index (κ2) is 5.86. The van der Waals surface area contributed by atoms with Crippen LogP contribution < -0.4 is 0 Å². The van der Waals surface area contributed by atoms with Crippen LogP contribution in [0.4, 0.5) is 0 Å². The SMILES string of the molecule is C1=C(c2ccccc2)C(c2ccccc2)Sc2ccccc21. The van der Waals surface area contributed by atoms with Gasteiger partial charge in [0.2, 0.25) is 0 Å². The van der Waals surface area contributed by atoms with E-state index in [0.717, 1.165) is 0 Å². The van der Waals surface area contributed by atoms with Crippen LogP contribution >= 0.6 is 11.8 Å². The van der Waals surface area contributed by atoms with Crippen molar-refractivity contribution in [2.24, 2.45) is 0 Å². The predicted molar refractivity (Wildman–Crippen MR) is 95.8 cm³/mol. The summed E-state index contributed by atoms with van der Waals surface area (Å²) < 4.78 is 0. The third-order valence-corrected chi connectivity index (χ3v) is 5.35. The standard InChI is InChI=1S/C21H16S/c1-3-9-16(10-4-1)19-15-18-13-7-8-14-20(18)22-21(19)17-11-5-2-6-12-17/h1-15,21H. The van der Waals surface area contributed by atoms with Crippen molar-refractivity contribution in [2.45, 2.75) is 10.1 Å². The maximum absolute atomic E-state index is 2.35. The molecule has 0 N–H and O–H groups in total. The first-order chi connectivity index (χ1) is 10.9. The van der Waals surface area contributed by atoms with Gasteiger partial charge >= 0.3 is 0 Å². The van der Waals surface area contributed by atoms with Gasteiger partial charge in [0, 0.05) is 4.90 Å². The molecule has 0 saturated carbocycles. The maximum Gasteiger partial charge on any atom is 0.0600 e. The largest absolute Gasteiger partial charge is 0.112 e. The fraction of sp³-hybridized carbons (Fsp3) is 0.0476. The minimum atomic E-state index is 0.346. The van der Waals surface area contributed by atoms with E-state index in [0.29, 0.717) is 5.25 Å². The highest BCUT2D eigenvalue weighted by atomic mass is 32.2. The molecule has 0 fully saturated rings. The molecule has 22 heavy (non-hydrogen) atoms. The van der Waals surface area contributed by atoms with Crippen molar-refractivity contribution >= 4 is 23.4 Å². The van der Waals surface area contributed by atoms with Gasteiger partial charge in [-0.2, -0.15) is 0 Å². The number of fused-ring (bicyclic) bond motifs is 1. The van der Waals surface area contributed by atoms with Gasteiger partial charge in [0.25, 0.3) is 0 Å². The fourth-order valence-electron chi connectivity index (χ4n) is 2.88. The normalized spacial score (nSPS) is 16.7. The number of rotatable bonds is 2. The Kier molecular flexibility index (Phi) is 3.57. The lowest BCUT2D eigenvalue weighted by molar-refractivity contribution is 1.22. The molecule has 1 heterocycles. The molecule has 0 saturated heterocycles. The fourth-order valence-corrected chi connectivity index (χ4v) is 4.18. The second-order valence-electron chi connectivity index (χ2n) is 5.41. The molecule has 1 aliphatic rings. The summed E-state index contributed by atoms with van der Waals surface area (Å²) >= 11 is 1.94. The third kappa shape index (κ3) is 2.49. The monoisotopic (exact) mass is 300 g/mol. The van der Waals surface area contributed by atoms with E-state index in [2.05, 4.69) is 91.0 Å². The van der Waals surface area contributed by atoms with Crippen LogP contribution in [0.25, 0.3) is 11.6 Å². The van der Waals surface area contributed by atoms with E-state index in [1.807, 2.05) is 11.8 Å². The predicted octanol–water partition coefficient (Wildman–Crippen LogP) is 6.07. The first-order valence-corrected chi connectivity index (χ1v) is 8.37. The summed E-state index contributed by atoms with van der Waals surface area (Å²) in [6, 6.07) is 30.1. The van der Waals surface area contributed by atoms with Gasteiger partial charge in [-0.05, 0) is 34.4 Å². The van der Waals surface area contributed by atoms with Gasteiger partial charge in [0.15, 0.2) is 0 Å². The number of hydrogen-bond acceptors (Lipinski definition) is 1. The van der Waals surface area contributed by atoms with Crippen LogP contribution in [-0.2, 0) is 0 Å². The van der Waals surface area contributed by atoms with Crippen molar-refractivity contribution in [3.63, 3.8) is 0 Å². The second-order valence-corrected chi connectivity index (χ2v) is 6.56. The van der Waals surface area contributed by atoms with Crippen LogP contribution in [0.1, 0.15) is 21.9 Å². The molecular formula is C21H16S. The molecule has 1 unspecified atom stereocenters. The van der Waals surface area contributed by atoms with Crippen molar-refractivity contribution in [1.82, 2.24) is 0 Å². The van der Waals surface area contributed by atoms with Gasteiger partial charge in [-0.25, -0.2) is 0 Å². The van der Waals surface area contributed by atoms with Gasteiger partial charge in [-0.3, -0.25) is 0 Å². The molecule has 0 aromatic heterocycles. The minimum absolute atomic E-state index is 0.346. The average molecular weight is 300 g/mol. The number of thioether (sulfide) groups is 1. The van der Waals surface area contributed by atoms with E-state index in [4.69, 9.17) is 0 Å². The topological polar surface area (TPSA) is 0 Å². The first-order valence-electron chi connectivity index (χ1n) is 7.49. The highest BCUT2D eigenvalue weighted by Gasteiger charge is 2.24. The zero-order chi connectivity index (χ0) is 14.8. The molecule has 1 aliphatic heterocycles. The molecule has 0 aliphatic carbocycles. The van der Waals surface area contributed by atoms with E-state index in [-0.39, 0.29) is 0 Å². The van der Waals surface area contributed by atoms with E-state index in [1.54, 1.807) is 0 Å². The van der Waals surface area contributed by atoms with Gasteiger partial charge in [-0.1, -0.05) is 78.9 Å². The van der Waals surface area contributed by atoms with Crippen LogP contribution in [0, 0.1) is 0 Å². The Balaban J connectivity index is 1.87. The molecule has 3 aromatic carbocycles. The Bertz CT molecular complexity index is 804. The summed E-state index contributed by atoms with van der Waals surface area (Å²) in [5.74, 6) is 0. The molecule has 1 heteroatoms. The Morgan fingerprint density at radius 3 is 2.05 bits per heavy atom. The Labute approximate surface area is 135 Å². The summed E-state index contributed by atoms with van der Waals surface area (Å²) in [7, 11) is 0. The smallest absolute Gasteiger partial charge is 0.0600 e. The van der Waals surface area contributed by atoms with Crippen LogP contribution in [0.2, 0.25) is 0 Å². The van der Waals surface area contributed by atoms with Crippen LogP contribution in [-0.4, -0.2) is 0 Å². The third-order valence-electron chi connectivity index (χ3n) is 3.97. The molecule has 3 aromatic rings. The Morgan fingerprint density at radius 1 is 0.636 bits per heavy atom. The zero-order valence-electron chi connectivity index (χ0n) is 12.1. The summed E-state index contributed by atoms with van der Waals surface area (Å²) in [6.07, 6.45) is 2.35. The molecule has 0 radical (unpaired) electrons. The first kappa shape index (κ1) is 13.4. The minimum Gasteiger partial charge on any atom is -0.112 e. The quantitative estimate of drug-likeness (QED) is 0.553. The number of benzene rings is 3. The lowest BCUT2D eigenvalue weighted by Crippen LogP contribution is -2.03. The molecule has 106 valence electrons. The summed E-state index contributed by atoms with van der Waals surface area (Å²) in [5.41, 5.74) is 5.37.